The first-order valence-electron chi connectivity index (χ1n) is 8.98. The highest BCUT2D eigenvalue weighted by Crippen LogP contribution is 2.12. The van der Waals surface area contributed by atoms with Gasteiger partial charge in [-0.15, -0.1) is 0 Å². The molecular formula is C21H27N3O3. The number of amides is 2. The third kappa shape index (κ3) is 7.11. The lowest BCUT2D eigenvalue weighted by Gasteiger charge is -2.25. The summed E-state index contributed by atoms with van der Waals surface area (Å²) in [5.41, 5.74) is 2.75. The summed E-state index contributed by atoms with van der Waals surface area (Å²) in [4.78, 5) is 24.9. The van der Waals surface area contributed by atoms with E-state index in [2.05, 4.69) is 15.5 Å². The molecule has 0 saturated carbocycles. The van der Waals surface area contributed by atoms with E-state index in [0.29, 0.717) is 25.1 Å². The molecule has 2 rings (SSSR count). The van der Waals surface area contributed by atoms with E-state index in [1.54, 1.807) is 18.2 Å². The van der Waals surface area contributed by atoms with Crippen LogP contribution in [0.5, 0.6) is 5.75 Å². The van der Waals surface area contributed by atoms with Crippen molar-refractivity contribution >= 4 is 12.3 Å². The Morgan fingerprint density at radius 1 is 1.11 bits per heavy atom. The molecule has 2 aromatic carbocycles. The maximum atomic E-state index is 12.1. The van der Waals surface area contributed by atoms with E-state index in [0.717, 1.165) is 23.8 Å². The van der Waals surface area contributed by atoms with Gasteiger partial charge in [-0.3, -0.25) is 4.79 Å². The Bertz CT molecular complexity index is 745. The Hall–Kier alpha value is -2.86. The number of likely N-dealkylation sites (N-methyl/N-ethyl adjacent to an activating group) is 1. The topological polar surface area (TPSA) is 81.7 Å². The number of phenolic OH excluding ortho intramolecular Hbond substituents is 1. The van der Waals surface area contributed by atoms with E-state index in [4.69, 9.17) is 0 Å². The minimum absolute atomic E-state index is 0.143. The highest BCUT2D eigenvalue weighted by Gasteiger charge is 2.13. The molecule has 144 valence electrons. The standard InChI is InChI=1S/C21H27N3O3/c1-24(2)19(13-17-6-8-20(26)9-7-17)14-23-21(27)22-11-10-16-4-3-5-18(12-16)15-25/h3-9,12,15,19,26H,10-11,13-14H2,1-2H3,(H2,22,23,27)/t19-/m0/s1. The largest absolute Gasteiger partial charge is 0.508 e. The van der Waals surface area contributed by atoms with Crippen LogP contribution in [0.15, 0.2) is 48.5 Å². The summed E-state index contributed by atoms with van der Waals surface area (Å²) < 4.78 is 0. The lowest BCUT2D eigenvalue weighted by Crippen LogP contribution is -2.45. The van der Waals surface area contributed by atoms with E-state index in [1.165, 1.54) is 0 Å². The predicted molar refractivity (Wildman–Crippen MR) is 106 cm³/mol. The van der Waals surface area contributed by atoms with Crippen molar-refractivity contribution in [2.75, 3.05) is 27.2 Å². The van der Waals surface area contributed by atoms with Crippen LogP contribution in [0.4, 0.5) is 4.79 Å². The van der Waals surface area contributed by atoms with Gasteiger partial charge in [0.05, 0.1) is 0 Å². The van der Waals surface area contributed by atoms with E-state index in [1.807, 2.05) is 44.4 Å². The van der Waals surface area contributed by atoms with Gasteiger partial charge in [-0.2, -0.15) is 0 Å². The first-order valence-corrected chi connectivity index (χ1v) is 8.98. The van der Waals surface area contributed by atoms with E-state index >= 15 is 0 Å². The van der Waals surface area contributed by atoms with Gasteiger partial charge in [0.1, 0.15) is 12.0 Å². The van der Waals surface area contributed by atoms with Crippen LogP contribution < -0.4 is 10.6 Å². The number of aromatic hydroxyl groups is 1. The fraction of sp³-hybridized carbons (Fsp3) is 0.333. The molecule has 1 atom stereocenters. The first-order chi connectivity index (χ1) is 13.0. The van der Waals surface area contributed by atoms with Crippen molar-refractivity contribution in [3.05, 3.63) is 65.2 Å². The molecule has 0 saturated heterocycles. The zero-order valence-corrected chi connectivity index (χ0v) is 15.8. The van der Waals surface area contributed by atoms with Gasteiger partial charge in [-0.25, -0.2) is 4.79 Å². The summed E-state index contributed by atoms with van der Waals surface area (Å²) >= 11 is 0. The normalized spacial score (nSPS) is 11.8. The second-order valence-electron chi connectivity index (χ2n) is 6.74. The van der Waals surface area contributed by atoms with Crippen LogP contribution >= 0.6 is 0 Å². The average molecular weight is 369 g/mol. The Labute approximate surface area is 160 Å². The molecule has 0 unspecified atom stereocenters. The van der Waals surface area contributed by atoms with Gasteiger partial charge in [-0.05, 0) is 56.3 Å². The van der Waals surface area contributed by atoms with Crippen LogP contribution in [0, 0.1) is 0 Å². The molecule has 6 heteroatoms. The maximum Gasteiger partial charge on any atom is 0.314 e. The van der Waals surface area contributed by atoms with Gasteiger partial charge >= 0.3 is 6.03 Å². The lowest BCUT2D eigenvalue weighted by atomic mass is 10.1. The molecule has 0 fully saturated rings. The van der Waals surface area contributed by atoms with Crippen LogP contribution in [-0.4, -0.2) is 55.6 Å². The maximum absolute atomic E-state index is 12.1. The van der Waals surface area contributed by atoms with Crippen molar-refractivity contribution in [2.24, 2.45) is 0 Å². The molecule has 3 N–H and O–H groups in total. The molecule has 27 heavy (non-hydrogen) atoms. The Morgan fingerprint density at radius 2 is 1.85 bits per heavy atom. The molecule has 0 aliphatic heterocycles. The Balaban J connectivity index is 1.76. The molecule has 0 spiro atoms. The van der Waals surface area contributed by atoms with Crippen molar-refractivity contribution in [2.45, 2.75) is 18.9 Å². The summed E-state index contributed by atoms with van der Waals surface area (Å²) in [6, 6.07) is 14.4. The van der Waals surface area contributed by atoms with Gasteiger partial charge < -0.3 is 20.6 Å². The summed E-state index contributed by atoms with van der Waals surface area (Å²) in [6.07, 6.45) is 2.25. The quantitative estimate of drug-likeness (QED) is 0.592. The molecular weight excluding hydrogens is 342 g/mol. The number of rotatable bonds is 9. The molecule has 2 aromatic rings. The van der Waals surface area contributed by atoms with E-state index < -0.39 is 0 Å². The molecule has 0 bridgehead atoms. The lowest BCUT2D eigenvalue weighted by molar-refractivity contribution is 0.112. The van der Waals surface area contributed by atoms with Crippen molar-refractivity contribution in [3.8, 4) is 5.75 Å². The van der Waals surface area contributed by atoms with Crippen LogP contribution in [0.25, 0.3) is 0 Å². The number of phenols is 1. The second-order valence-corrected chi connectivity index (χ2v) is 6.74. The zero-order chi connectivity index (χ0) is 19.6. The van der Waals surface area contributed by atoms with E-state index in [-0.39, 0.29) is 17.8 Å². The van der Waals surface area contributed by atoms with Crippen LogP contribution in [0.1, 0.15) is 21.5 Å². The second kappa shape index (κ2) is 10.3. The van der Waals surface area contributed by atoms with Crippen molar-refractivity contribution in [1.29, 1.82) is 0 Å². The number of aldehydes is 1. The van der Waals surface area contributed by atoms with Crippen LogP contribution in [0.3, 0.4) is 0 Å². The third-order valence-electron chi connectivity index (χ3n) is 4.42. The number of urea groups is 1. The van der Waals surface area contributed by atoms with Gasteiger partial charge in [0.25, 0.3) is 0 Å². The number of nitrogens with zero attached hydrogens (tertiary/aromatic N) is 1. The molecule has 2 amide bonds. The minimum Gasteiger partial charge on any atom is -0.508 e. The smallest absolute Gasteiger partial charge is 0.314 e. The highest BCUT2D eigenvalue weighted by atomic mass is 16.3. The summed E-state index contributed by atoms with van der Waals surface area (Å²) in [6.45, 7) is 1.01. The molecule has 0 aliphatic carbocycles. The van der Waals surface area contributed by atoms with E-state index in [9.17, 15) is 14.7 Å². The predicted octanol–water partition coefficient (Wildman–Crippen LogP) is 2.22. The fourth-order valence-electron chi connectivity index (χ4n) is 2.76. The van der Waals surface area contributed by atoms with Gasteiger partial charge in [0.15, 0.2) is 0 Å². The third-order valence-corrected chi connectivity index (χ3v) is 4.42. The number of nitrogens with one attached hydrogen (secondary N) is 2. The number of hydrogen-bond acceptors (Lipinski definition) is 4. The SMILES string of the molecule is CN(C)[C@H](CNC(=O)NCCc1cccc(C=O)c1)Cc1ccc(O)cc1. The number of hydrogen-bond donors (Lipinski definition) is 3. The molecule has 0 heterocycles. The number of carbonyl (C=O) groups is 2. The Morgan fingerprint density at radius 3 is 2.52 bits per heavy atom. The number of benzene rings is 2. The minimum atomic E-state index is -0.209. The summed E-state index contributed by atoms with van der Waals surface area (Å²) in [7, 11) is 3.95. The molecule has 0 aromatic heterocycles. The zero-order valence-electron chi connectivity index (χ0n) is 15.8. The van der Waals surface area contributed by atoms with Crippen molar-refractivity contribution in [1.82, 2.24) is 15.5 Å². The summed E-state index contributed by atoms with van der Waals surface area (Å²) in [5.74, 6) is 0.247. The average Bonchev–Trinajstić information content (AvgIpc) is 2.66. The first kappa shape index (κ1) is 20.5. The number of carbonyl (C=O) groups excluding carboxylic acids is 2. The van der Waals surface area contributed by atoms with Crippen LogP contribution in [0.2, 0.25) is 0 Å². The summed E-state index contributed by atoms with van der Waals surface area (Å²) in [5, 5.41) is 15.1. The fourth-order valence-corrected chi connectivity index (χ4v) is 2.76. The molecule has 0 radical (unpaired) electrons. The molecule has 6 nitrogen and oxygen atoms in total. The van der Waals surface area contributed by atoms with Crippen LogP contribution in [-0.2, 0) is 12.8 Å². The highest BCUT2D eigenvalue weighted by molar-refractivity contribution is 5.75. The van der Waals surface area contributed by atoms with Gasteiger partial charge in [0.2, 0.25) is 0 Å². The van der Waals surface area contributed by atoms with Gasteiger partial charge in [0, 0.05) is 24.7 Å². The molecule has 0 aliphatic rings. The van der Waals surface area contributed by atoms with Crippen molar-refractivity contribution < 1.29 is 14.7 Å². The monoisotopic (exact) mass is 369 g/mol. The van der Waals surface area contributed by atoms with Gasteiger partial charge in [-0.1, -0.05) is 30.3 Å². The van der Waals surface area contributed by atoms with Crippen molar-refractivity contribution in [3.63, 3.8) is 0 Å². The Kier molecular flexibility index (Phi) is 7.82.